The average molecular weight is 367 g/mol. The second-order valence-electron chi connectivity index (χ2n) is 6.77. The van der Waals surface area contributed by atoms with Gasteiger partial charge < -0.3 is 0 Å². The van der Waals surface area contributed by atoms with Gasteiger partial charge in [-0.1, -0.05) is 61.5 Å². The van der Waals surface area contributed by atoms with Gasteiger partial charge >= 0.3 is 0 Å². The summed E-state index contributed by atoms with van der Waals surface area (Å²) in [4.78, 5) is 2.17. The van der Waals surface area contributed by atoms with Crippen LogP contribution < -0.4 is 0 Å². The van der Waals surface area contributed by atoms with E-state index in [1.165, 1.54) is 44.5 Å². The molecule has 0 fully saturated rings. The average Bonchev–Trinajstić information content (AvgIpc) is 2.99. The summed E-state index contributed by atoms with van der Waals surface area (Å²) in [6, 6.07) is 17.6. The van der Waals surface area contributed by atoms with Crippen molar-refractivity contribution in [3.05, 3.63) is 76.7 Å². The first kappa shape index (κ1) is 18.3. The van der Waals surface area contributed by atoms with Crippen LogP contribution >= 0.6 is 24.0 Å². The lowest BCUT2D eigenvalue weighted by Crippen LogP contribution is -2.00. The van der Waals surface area contributed by atoms with Gasteiger partial charge in [-0.25, -0.2) is 0 Å². The highest BCUT2D eigenvalue weighted by atomic mass is 32.1. The molecule has 2 heteroatoms. The molecule has 1 atom stereocenters. The summed E-state index contributed by atoms with van der Waals surface area (Å²) in [6.07, 6.45) is 4.73. The highest BCUT2D eigenvalue weighted by Crippen LogP contribution is 2.43. The number of hydrogen-bond donors (Lipinski definition) is 1. The van der Waals surface area contributed by atoms with Gasteiger partial charge in [-0.2, -0.15) is 0 Å². The minimum Gasteiger partial charge on any atom is -0.143 e. The summed E-state index contributed by atoms with van der Waals surface area (Å²) in [5.74, 6) is 0.569. The third-order valence-electron chi connectivity index (χ3n) is 4.90. The standard InChI is InChI=1S/C23H26S2/c1-4-19(12-8-11-18-10-7-9-16(2)15-18)22-20-13-5-6-14-21(20)25-23(22)17(3)24/h5-7,9-10,13-15,19,24H,3-4,8,11-12H2,1-2H3. The summed E-state index contributed by atoms with van der Waals surface area (Å²) in [5, 5.41) is 1.39. The van der Waals surface area contributed by atoms with E-state index in [4.69, 9.17) is 0 Å². The second-order valence-corrected chi connectivity index (χ2v) is 8.37. The lowest BCUT2D eigenvalue weighted by Gasteiger charge is -2.17. The predicted molar refractivity (Wildman–Crippen MR) is 117 cm³/mol. The van der Waals surface area contributed by atoms with Crippen molar-refractivity contribution in [1.29, 1.82) is 0 Å². The molecule has 2 aromatic carbocycles. The Kier molecular flexibility index (Phi) is 6.03. The third kappa shape index (κ3) is 4.19. The molecule has 0 saturated heterocycles. The van der Waals surface area contributed by atoms with Gasteiger partial charge in [-0.3, -0.25) is 0 Å². The first-order chi connectivity index (χ1) is 12.1. The van der Waals surface area contributed by atoms with Crippen molar-refractivity contribution in [2.24, 2.45) is 0 Å². The molecule has 3 aromatic rings. The molecule has 0 aliphatic heterocycles. The van der Waals surface area contributed by atoms with Gasteiger partial charge in [0.25, 0.3) is 0 Å². The van der Waals surface area contributed by atoms with Crippen molar-refractivity contribution >= 4 is 39.0 Å². The number of fused-ring (bicyclic) bond motifs is 1. The molecule has 0 aliphatic rings. The van der Waals surface area contributed by atoms with Gasteiger partial charge in [0, 0.05) is 14.5 Å². The second kappa shape index (κ2) is 8.25. The molecule has 1 aromatic heterocycles. The molecule has 0 aliphatic carbocycles. The summed E-state index contributed by atoms with van der Waals surface area (Å²) in [6.45, 7) is 8.58. The van der Waals surface area contributed by atoms with Gasteiger partial charge in [0.15, 0.2) is 0 Å². The number of thiol groups is 1. The van der Waals surface area contributed by atoms with Crippen LogP contribution in [-0.4, -0.2) is 0 Å². The van der Waals surface area contributed by atoms with Gasteiger partial charge in [-0.05, 0) is 61.1 Å². The first-order valence-electron chi connectivity index (χ1n) is 9.05. The molecule has 1 unspecified atom stereocenters. The van der Waals surface area contributed by atoms with Crippen molar-refractivity contribution in [3.8, 4) is 0 Å². The van der Waals surface area contributed by atoms with Crippen LogP contribution in [0.5, 0.6) is 0 Å². The topological polar surface area (TPSA) is 0 Å². The number of hydrogen-bond acceptors (Lipinski definition) is 2. The smallest absolute Gasteiger partial charge is 0.0445 e. The van der Waals surface area contributed by atoms with Crippen LogP contribution in [0, 0.1) is 6.92 Å². The van der Waals surface area contributed by atoms with Gasteiger partial charge in [0.1, 0.15) is 0 Å². The Morgan fingerprint density at radius 3 is 2.68 bits per heavy atom. The molecule has 130 valence electrons. The van der Waals surface area contributed by atoms with Crippen LogP contribution in [0.3, 0.4) is 0 Å². The fourth-order valence-corrected chi connectivity index (χ4v) is 5.07. The highest BCUT2D eigenvalue weighted by molar-refractivity contribution is 7.90. The zero-order valence-electron chi connectivity index (χ0n) is 15.1. The number of rotatable bonds is 7. The summed E-state index contributed by atoms with van der Waals surface area (Å²) >= 11 is 6.41. The van der Waals surface area contributed by atoms with Crippen LogP contribution in [0.4, 0.5) is 0 Å². The maximum atomic E-state index is 4.58. The van der Waals surface area contributed by atoms with Gasteiger partial charge in [-0.15, -0.1) is 24.0 Å². The van der Waals surface area contributed by atoms with E-state index < -0.39 is 0 Å². The maximum absolute atomic E-state index is 4.58. The predicted octanol–water partition coefficient (Wildman–Crippen LogP) is 7.63. The van der Waals surface area contributed by atoms with Crippen molar-refractivity contribution in [3.63, 3.8) is 0 Å². The molecule has 0 amide bonds. The molecule has 1 heterocycles. The lowest BCUT2D eigenvalue weighted by molar-refractivity contribution is 0.579. The summed E-state index contributed by atoms with van der Waals surface area (Å²) < 4.78 is 1.35. The van der Waals surface area contributed by atoms with Crippen molar-refractivity contribution < 1.29 is 0 Å². The SMILES string of the molecule is C=C(S)c1sc2ccccc2c1C(CC)CCCc1cccc(C)c1. The highest BCUT2D eigenvalue weighted by Gasteiger charge is 2.20. The zero-order chi connectivity index (χ0) is 17.8. The van der Waals surface area contributed by atoms with E-state index in [0.29, 0.717) is 5.92 Å². The number of benzene rings is 2. The molecule has 0 nitrogen and oxygen atoms in total. The van der Waals surface area contributed by atoms with E-state index >= 15 is 0 Å². The van der Waals surface area contributed by atoms with Crippen LogP contribution in [-0.2, 0) is 6.42 Å². The van der Waals surface area contributed by atoms with Crippen LogP contribution in [0.25, 0.3) is 15.0 Å². The molecule has 25 heavy (non-hydrogen) atoms. The quantitative estimate of drug-likeness (QED) is 0.408. The third-order valence-corrected chi connectivity index (χ3v) is 6.52. The Labute approximate surface area is 161 Å². The Morgan fingerprint density at radius 2 is 1.96 bits per heavy atom. The zero-order valence-corrected chi connectivity index (χ0v) is 16.8. The molecule has 0 radical (unpaired) electrons. The maximum Gasteiger partial charge on any atom is 0.0445 e. The molecule has 0 bridgehead atoms. The minimum absolute atomic E-state index is 0.569. The molecule has 0 N–H and O–H groups in total. The summed E-state index contributed by atoms with van der Waals surface area (Å²) in [7, 11) is 0. The fourth-order valence-electron chi connectivity index (χ4n) is 3.66. The van der Waals surface area contributed by atoms with E-state index in [1.807, 2.05) is 11.3 Å². The molecular weight excluding hydrogens is 340 g/mol. The fraction of sp³-hybridized carbons (Fsp3) is 0.304. The minimum atomic E-state index is 0.569. The van der Waals surface area contributed by atoms with E-state index in [1.54, 1.807) is 0 Å². The van der Waals surface area contributed by atoms with Crippen LogP contribution in [0.2, 0.25) is 0 Å². The monoisotopic (exact) mass is 366 g/mol. The van der Waals surface area contributed by atoms with Crippen molar-refractivity contribution in [1.82, 2.24) is 0 Å². The van der Waals surface area contributed by atoms with E-state index in [-0.39, 0.29) is 0 Å². The molecule has 3 rings (SSSR count). The molecule has 0 spiro atoms. The van der Waals surface area contributed by atoms with Crippen LogP contribution in [0.1, 0.15) is 53.7 Å². The Balaban J connectivity index is 1.82. The van der Waals surface area contributed by atoms with E-state index in [0.717, 1.165) is 17.7 Å². The number of thiophene rings is 1. The van der Waals surface area contributed by atoms with Gasteiger partial charge in [0.05, 0.1) is 0 Å². The normalized spacial score (nSPS) is 12.4. The van der Waals surface area contributed by atoms with Crippen LogP contribution in [0.15, 0.2) is 55.1 Å². The Bertz CT molecular complexity index is 873. The largest absolute Gasteiger partial charge is 0.143 e. The van der Waals surface area contributed by atoms with E-state index in [2.05, 4.69) is 81.6 Å². The molecule has 0 saturated carbocycles. The molecular formula is C23H26S2. The van der Waals surface area contributed by atoms with Gasteiger partial charge in [0.2, 0.25) is 0 Å². The Morgan fingerprint density at radius 1 is 1.16 bits per heavy atom. The summed E-state index contributed by atoms with van der Waals surface area (Å²) in [5.41, 5.74) is 4.26. The first-order valence-corrected chi connectivity index (χ1v) is 10.3. The van der Waals surface area contributed by atoms with Crippen molar-refractivity contribution in [2.75, 3.05) is 0 Å². The lowest BCUT2D eigenvalue weighted by atomic mass is 9.88. The Hall–Kier alpha value is -1.51. The van der Waals surface area contributed by atoms with Crippen molar-refractivity contribution in [2.45, 2.75) is 45.4 Å². The van der Waals surface area contributed by atoms with E-state index in [9.17, 15) is 0 Å². The number of aryl methyl sites for hydroxylation is 2.